The smallest absolute Gasteiger partial charge is 0.0641 e. The SMILES string of the molecule is CCCc1ccc(C(N)CC#N)cc1. The minimum absolute atomic E-state index is 0.143. The Labute approximate surface area is 85.4 Å². The molecule has 0 saturated carbocycles. The molecule has 1 aromatic carbocycles. The molecule has 0 aliphatic heterocycles. The van der Waals surface area contributed by atoms with E-state index < -0.39 is 0 Å². The lowest BCUT2D eigenvalue weighted by molar-refractivity contribution is 0.747. The molecule has 0 aliphatic rings. The summed E-state index contributed by atoms with van der Waals surface area (Å²) in [4.78, 5) is 0. The Kier molecular flexibility index (Phi) is 4.15. The Hall–Kier alpha value is -1.33. The number of aryl methyl sites for hydroxylation is 1. The number of rotatable bonds is 4. The van der Waals surface area contributed by atoms with E-state index in [4.69, 9.17) is 11.0 Å². The Bertz CT molecular complexity index is 308. The van der Waals surface area contributed by atoms with Gasteiger partial charge in [-0.1, -0.05) is 37.6 Å². The first-order chi connectivity index (χ1) is 6.77. The molecule has 2 nitrogen and oxygen atoms in total. The van der Waals surface area contributed by atoms with Gasteiger partial charge in [-0.2, -0.15) is 5.26 Å². The molecule has 0 radical (unpaired) electrons. The van der Waals surface area contributed by atoms with E-state index in [0.29, 0.717) is 6.42 Å². The number of nitriles is 1. The first-order valence-electron chi connectivity index (χ1n) is 4.99. The summed E-state index contributed by atoms with van der Waals surface area (Å²) in [6, 6.07) is 10.2. The van der Waals surface area contributed by atoms with Crippen LogP contribution < -0.4 is 5.73 Å². The van der Waals surface area contributed by atoms with E-state index in [0.717, 1.165) is 18.4 Å². The summed E-state index contributed by atoms with van der Waals surface area (Å²) in [5.74, 6) is 0. The Morgan fingerprint density at radius 3 is 2.50 bits per heavy atom. The fourth-order valence-corrected chi connectivity index (χ4v) is 1.44. The van der Waals surface area contributed by atoms with Gasteiger partial charge >= 0.3 is 0 Å². The summed E-state index contributed by atoms with van der Waals surface area (Å²) in [5.41, 5.74) is 8.19. The molecule has 0 bridgehead atoms. The van der Waals surface area contributed by atoms with Crippen molar-refractivity contribution in [1.29, 1.82) is 5.26 Å². The van der Waals surface area contributed by atoms with Crippen molar-refractivity contribution in [2.45, 2.75) is 32.2 Å². The molecule has 2 N–H and O–H groups in total. The summed E-state index contributed by atoms with van der Waals surface area (Å²) in [6.07, 6.45) is 2.64. The lowest BCUT2D eigenvalue weighted by Crippen LogP contribution is -2.08. The highest BCUT2D eigenvalue weighted by atomic mass is 14.6. The predicted molar refractivity (Wildman–Crippen MR) is 57.6 cm³/mol. The normalized spacial score (nSPS) is 12.1. The van der Waals surface area contributed by atoms with E-state index in [1.54, 1.807) is 0 Å². The van der Waals surface area contributed by atoms with Crippen LogP contribution in [-0.2, 0) is 6.42 Å². The predicted octanol–water partition coefficient (Wildman–Crippen LogP) is 2.55. The molecular formula is C12H16N2. The maximum absolute atomic E-state index is 8.51. The fourth-order valence-electron chi connectivity index (χ4n) is 1.44. The summed E-state index contributed by atoms with van der Waals surface area (Å²) in [6.45, 7) is 2.16. The van der Waals surface area contributed by atoms with Crippen molar-refractivity contribution in [3.05, 3.63) is 35.4 Å². The maximum atomic E-state index is 8.51. The molecule has 14 heavy (non-hydrogen) atoms. The van der Waals surface area contributed by atoms with Gasteiger partial charge < -0.3 is 5.73 Å². The summed E-state index contributed by atoms with van der Waals surface area (Å²) < 4.78 is 0. The van der Waals surface area contributed by atoms with E-state index in [-0.39, 0.29) is 6.04 Å². The van der Waals surface area contributed by atoms with Gasteiger partial charge in [0, 0.05) is 6.04 Å². The standard InChI is InChI=1S/C12H16N2/c1-2-3-10-4-6-11(7-5-10)12(14)8-9-13/h4-7,12H,2-3,8,14H2,1H3. The van der Waals surface area contributed by atoms with Crippen LogP contribution >= 0.6 is 0 Å². The van der Waals surface area contributed by atoms with Crippen molar-refractivity contribution in [2.24, 2.45) is 5.73 Å². The van der Waals surface area contributed by atoms with Crippen molar-refractivity contribution >= 4 is 0 Å². The van der Waals surface area contributed by atoms with Gasteiger partial charge in [0.2, 0.25) is 0 Å². The van der Waals surface area contributed by atoms with Crippen LogP contribution in [0.15, 0.2) is 24.3 Å². The van der Waals surface area contributed by atoms with Crippen LogP contribution in [0, 0.1) is 11.3 Å². The van der Waals surface area contributed by atoms with Gasteiger partial charge in [-0.15, -0.1) is 0 Å². The topological polar surface area (TPSA) is 49.8 Å². The van der Waals surface area contributed by atoms with Gasteiger partial charge in [0.05, 0.1) is 12.5 Å². The first-order valence-corrected chi connectivity index (χ1v) is 4.99. The average molecular weight is 188 g/mol. The Morgan fingerprint density at radius 2 is 2.00 bits per heavy atom. The van der Waals surface area contributed by atoms with Gasteiger partial charge in [0.1, 0.15) is 0 Å². The molecule has 0 heterocycles. The number of hydrogen-bond acceptors (Lipinski definition) is 2. The number of nitrogens with two attached hydrogens (primary N) is 1. The molecule has 2 heteroatoms. The average Bonchev–Trinajstić information content (AvgIpc) is 2.20. The third-order valence-corrected chi connectivity index (χ3v) is 2.26. The molecule has 0 amide bonds. The third-order valence-electron chi connectivity index (χ3n) is 2.26. The van der Waals surface area contributed by atoms with E-state index in [9.17, 15) is 0 Å². The van der Waals surface area contributed by atoms with E-state index in [2.05, 4.69) is 25.1 Å². The van der Waals surface area contributed by atoms with Crippen molar-refractivity contribution in [2.75, 3.05) is 0 Å². The maximum Gasteiger partial charge on any atom is 0.0641 e. The molecule has 74 valence electrons. The van der Waals surface area contributed by atoms with Gasteiger partial charge in [0.25, 0.3) is 0 Å². The monoisotopic (exact) mass is 188 g/mol. The number of nitrogens with zero attached hydrogens (tertiary/aromatic N) is 1. The van der Waals surface area contributed by atoms with Crippen molar-refractivity contribution in [1.82, 2.24) is 0 Å². The lowest BCUT2D eigenvalue weighted by Gasteiger charge is -2.08. The third kappa shape index (κ3) is 2.86. The molecule has 0 aliphatic carbocycles. The minimum Gasteiger partial charge on any atom is -0.323 e. The van der Waals surface area contributed by atoms with Crippen LogP contribution in [0.4, 0.5) is 0 Å². The highest BCUT2D eigenvalue weighted by molar-refractivity contribution is 5.25. The van der Waals surface area contributed by atoms with Gasteiger partial charge in [-0.25, -0.2) is 0 Å². The van der Waals surface area contributed by atoms with Crippen molar-refractivity contribution in [3.63, 3.8) is 0 Å². The van der Waals surface area contributed by atoms with Crippen LogP contribution in [-0.4, -0.2) is 0 Å². The van der Waals surface area contributed by atoms with Crippen LogP contribution in [0.25, 0.3) is 0 Å². The first kappa shape index (κ1) is 10.7. The Morgan fingerprint density at radius 1 is 1.36 bits per heavy atom. The highest BCUT2D eigenvalue weighted by Crippen LogP contribution is 2.14. The van der Waals surface area contributed by atoms with Crippen LogP contribution in [0.2, 0.25) is 0 Å². The van der Waals surface area contributed by atoms with E-state index in [1.807, 2.05) is 12.1 Å². The molecule has 1 unspecified atom stereocenters. The van der Waals surface area contributed by atoms with E-state index >= 15 is 0 Å². The second-order valence-corrected chi connectivity index (χ2v) is 3.46. The molecule has 0 fully saturated rings. The van der Waals surface area contributed by atoms with E-state index in [1.165, 1.54) is 5.56 Å². The zero-order valence-electron chi connectivity index (χ0n) is 8.53. The Balaban J connectivity index is 2.68. The molecule has 0 aromatic heterocycles. The van der Waals surface area contributed by atoms with Gasteiger partial charge in [-0.05, 0) is 17.5 Å². The van der Waals surface area contributed by atoms with Crippen LogP contribution in [0.3, 0.4) is 0 Å². The van der Waals surface area contributed by atoms with Gasteiger partial charge in [-0.3, -0.25) is 0 Å². The molecular weight excluding hydrogens is 172 g/mol. The van der Waals surface area contributed by atoms with Crippen molar-refractivity contribution < 1.29 is 0 Å². The minimum atomic E-state index is -0.143. The lowest BCUT2D eigenvalue weighted by atomic mass is 10.0. The fraction of sp³-hybridized carbons (Fsp3) is 0.417. The van der Waals surface area contributed by atoms with Crippen LogP contribution in [0.1, 0.15) is 36.9 Å². The molecule has 1 rings (SSSR count). The molecule has 1 atom stereocenters. The van der Waals surface area contributed by atoms with Gasteiger partial charge in [0.15, 0.2) is 0 Å². The number of benzene rings is 1. The summed E-state index contributed by atoms with van der Waals surface area (Å²) >= 11 is 0. The largest absolute Gasteiger partial charge is 0.323 e. The second kappa shape index (κ2) is 5.41. The summed E-state index contributed by atoms with van der Waals surface area (Å²) in [5, 5.41) is 8.51. The zero-order chi connectivity index (χ0) is 10.4. The zero-order valence-corrected chi connectivity index (χ0v) is 8.53. The van der Waals surface area contributed by atoms with Crippen molar-refractivity contribution in [3.8, 4) is 6.07 Å². The molecule has 0 saturated heterocycles. The van der Waals surface area contributed by atoms with Crippen LogP contribution in [0.5, 0.6) is 0 Å². The summed E-state index contributed by atoms with van der Waals surface area (Å²) in [7, 11) is 0. The highest BCUT2D eigenvalue weighted by Gasteiger charge is 2.04. The second-order valence-electron chi connectivity index (χ2n) is 3.46. The molecule has 1 aromatic rings. The number of hydrogen-bond donors (Lipinski definition) is 1. The molecule has 0 spiro atoms. The quantitative estimate of drug-likeness (QED) is 0.789.